The number of urea groups is 2. The molecule has 0 spiro atoms. The van der Waals surface area contributed by atoms with E-state index in [-0.39, 0.29) is 17.0 Å². The molecular weight excluding hydrogens is 356 g/mol. The second-order valence-electron chi connectivity index (χ2n) is 6.27. The van der Waals surface area contributed by atoms with Gasteiger partial charge in [0.2, 0.25) is 5.88 Å². The second-order valence-corrected chi connectivity index (χ2v) is 6.27. The summed E-state index contributed by atoms with van der Waals surface area (Å²) >= 11 is 0. The number of amides is 4. The SMILES string of the molecule is CN1C(=O)N(C)C(O)C(C=CC=CC=C2C(O)N(C)C(=O)N(C)C2O)=C1O. The third-order valence-corrected chi connectivity index (χ3v) is 4.53. The largest absolute Gasteiger partial charge is 0.494 e. The molecule has 0 aromatic heterocycles. The van der Waals surface area contributed by atoms with E-state index in [0.29, 0.717) is 0 Å². The van der Waals surface area contributed by atoms with Crippen molar-refractivity contribution in [3.63, 3.8) is 0 Å². The topological polar surface area (TPSA) is 128 Å². The lowest BCUT2D eigenvalue weighted by Gasteiger charge is -2.40. The standard InChI is InChI=1S/C17H24N4O6/c1-18-12(22)10(13(23)19(2)16(18)26)8-6-5-7-9-11-14(24)20(3)17(27)21(4)15(11)25/h5-9,12-14,22-25H,1-4H3. The normalized spacial score (nSPS) is 27.7. The van der Waals surface area contributed by atoms with Crippen molar-refractivity contribution in [2.24, 2.45) is 0 Å². The zero-order valence-electron chi connectivity index (χ0n) is 15.5. The summed E-state index contributed by atoms with van der Waals surface area (Å²) in [5.74, 6) is -0.353. The van der Waals surface area contributed by atoms with Crippen LogP contribution in [0.3, 0.4) is 0 Å². The molecule has 0 aromatic carbocycles. The van der Waals surface area contributed by atoms with E-state index in [1.165, 1.54) is 52.5 Å². The zero-order valence-corrected chi connectivity index (χ0v) is 15.5. The predicted octanol–water partition coefficient (Wildman–Crippen LogP) is -0.256. The van der Waals surface area contributed by atoms with Crippen LogP contribution in [0.2, 0.25) is 0 Å². The van der Waals surface area contributed by atoms with Crippen LogP contribution < -0.4 is 0 Å². The Morgan fingerprint density at radius 2 is 1.30 bits per heavy atom. The van der Waals surface area contributed by atoms with Gasteiger partial charge in [-0.3, -0.25) is 19.6 Å². The van der Waals surface area contributed by atoms with Crippen LogP contribution in [0.25, 0.3) is 0 Å². The van der Waals surface area contributed by atoms with Gasteiger partial charge in [0.15, 0.2) is 18.7 Å². The second kappa shape index (κ2) is 7.82. The fraction of sp³-hybridized carbons (Fsp3) is 0.412. The van der Waals surface area contributed by atoms with Gasteiger partial charge in [-0.15, -0.1) is 0 Å². The van der Waals surface area contributed by atoms with Crippen molar-refractivity contribution >= 4 is 12.1 Å². The third-order valence-electron chi connectivity index (χ3n) is 4.53. The molecular formula is C17H24N4O6. The molecule has 0 aliphatic carbocycles. The van der Waals surface area contributed by atoms with Gasteiger partial charge in [-0.1, -0.05) is 24.3 Å². The van der Waals surface area contributed by atoms with Crippen molar-refractivity contribution in [3.8, 4) is 0 Å². The summed E-state index contributed by atoms with van der Waals surface area (Å²) in [6.45, 7) is 0. The quantitative estimate of drug-likeness (QED) is 0.500. The number of carbonyl (C=O) groups excluding carboxylic acids is 2. The Labute approximate surface area is 156 Å². The molecule has 0 saturated carbocycles. The van der Waals surface area contributed by atoms with Crippen molar-refractivity contribution in [2.45, 2.75) is 18.7 Å². The first kappa shape index (κ1) is 20.5. The van der Waals surface area contributed by atoms with Crippen molar-refractivity contribution in [1.82, 2.24) is 19.6 Å². The van der Waals surface area contributed by atoms with Gasteiger partial charge in [0.05, 0.1) is 5.57 Å². The smallest absolute Gasteiger partial charge is 0.328 e. The van der Waals surface area contributed by atoms with Gasteiger partial charge in [-0.2, -0.15) is 0 Å². The first-order chi connectivity index (χ1) is 12.6. The van der Waals surface area contributed by atoms with Gasteiger partial charge in [-0.25, -0.2) is 9.59 Å². The van der Waals surface area contributed by atoms with Crippen LogP contribution in [-0.4, -0.2) is 99.0 Å². The van der Waals surface area contributed by atoms with Crippen LogP contribution in [0, 0.1) is 0 Å². The van der Waals surface area contributed by atoms with Gasteiger partial charge < -0.3 is 20.4 Å². The first-order valence-corrected chi connectivity index (χ1v) is 8.11. The fourth-order valence-corrected chi connectivity index (χ4v) is 2.71. The lowest BCUT2D eigenvalue weighted by Crippen LogP contribution is -2.57. The lowest BCUT2D eigenvalue weighted by atomic mass is 10.1. The number of nitrogens with zero attached hydrogens (tertiary/aromatic N) is 4. The molecule has 27 heavy (non-hydrogen) atoms. The molecule has 0 bridgehead atoms. The minimum absolute atomic E-state index is 0.139. The Balaban J connectivity index is 2.16. The van der Waals surface area contributed by atoms with Gasteiger partial charge >= 0.3 is 12.1 Å². The van der Waals surface area contributed by atoms with E-state index in [0.717, 1.165) is 19.6 Å². The number of aliphatic hydroxyl groups excluding tert-OH is 4. The van der Waals surface area contributed by atoms with Crippen LogP contribution in [-0.2, 0) is 0 Å². The maximum Gasteiger partial charge on any atom is 0.328 e. The van der Waals surface area contributed by atoms with Crippen molar-refractivity contribution in [3.05, 3.63) is 47.4 Å². The van der Waals surface area contributed by atoms with Crippen molar-refractivity contribution < 1.29 is 30.0 Å². The zero-order chi connectivity index (χ0) is 20.5. The predicted molar refractivity (Wildman–Crippen MR) is 95.9 cm³/mol. The van der Waals surface area contributed by atoms with Crippen LogP contribution in [0.5, 0.6) is 0 Å². The van der Waals surface area contributed by atoms with Gasteiger partial charge in [0.1, 0.15) is 0 Å². The fourth-order valence-electron chi connectivity index (χ4n) is 2.71. The third kappa shape index (κ3) is 3.68. The Morgan fingerprint density at radius 1 is 0.778 bits per heavy atom. The Kier molecular flexibility index (Phi) is 5.94. The highest BCUT2D eigenvalue weighted by Crippen LogP contribution is 2.23. The highest BCUT2D eigenvalue weighted by atomic mass is 16.3. The average Bonchev–Trinajstić information content (AvgIpc) is 2.66. The van der Waals surface area contributed by atoms with E-state index in [9.17, 15) is 30.0 Å². The molecule has 10 nitrogen and oxygen atoms in total. The Hall–Kier alpha value is -2.82. The summed E-state index contributed by atoms with van der Waals surface area (Å²) in [5, 5.41) is 40.3. The van der Waals surface area contributed by atoms with E-state index in [1.54, 1.807) is 6.08 Å². The van der Waals surface area contributed by atoms with Crippen LogP contribution >= 0.6 is 0 Å². The number of aliphatic hydroxyl groups is 4. The molecule has 3 atom stereocenters. The molecule has 2 heterocycles. The maximum absolute atomic E-state index is 11.8. The number of likely N-dealkylation sites (N-methyl/N-ethyl adjacent to an activating group) is 3. The summed E-state index contributed by atoms with van der Waals surface area (Å²) in [6.07, 6.45) is 3.70. The molecule has 0 radical (unpaired) electrons. The minimum Gasteiger partial charge on any atom is -0.494 e. The molecule has 0 aromatic rings. The minimum atomic E-state index is -1.29. The monoisotopic (exact) mass is 380 g/mol. The Morgan fingerprint density at radius 3 is 1.85 bits per heavy atom. The maximum atomic E-state index is 11.8. The summed E-state index contributed by atoms with van der Waals surface area (Å²) < 4.78 is 0. The van der Waals surface area contributed by atoms with Crippen molar-refractivity contribution in [1.29, 1.82) is 0 Å². The van der Waals surface area contributed by atoms with Crippen LogP contribution in [0.1, 0.15) is 0 Å². The van der Waals surface area contributed by atoms with E-state index in [2.05, 4.69) is 0 Å². The van der Waals surface area contributed by atoms with Crippen LogP contribution in [0.4, 0.5) is 9.59 Å². The van der Waals surface area contributed by atoms with Crippen LogP contribution in [0.15, 0.2) is 47.4 Å². The molecule has 2 aliphatic heterocycles. The molecule has 148 valence electrons. The summed E-state index contributed by atoms with van der Waals surface area (Å²) in [4.78, 5) is 27.8. The van der Waals surface area contributed by atoms with Gasteiger partial charge in [0, 0.05) is 33.8 Å². The molecule has 1 saturated heterocycles. The van der Waals surface area contributed by atoms with Gasteiger partial charge in [0.25, 0.3) is 0 Å². The number of rotatable bonds is 3. The van der Waals surface area contributed by atoms with Crippen molar-refractivity contribution in [2.75, 3.05) is 28.2 Å². The van der Waals surface area contributed by atoms with E-state index in [1.807, 2.05) is 0 Å². The number of carbonyl (C=O) groups is 2. The molecule has 2 rings (SSSR count). The summed E-state index contributed by atoms with van der Waals surface area (Å²) in [5.41, 5.74) is 0.355. The molecule has 3 unspecified atom stereocenters. The average molecular weight is 380 g/mol. The lowest BCUT2D eigenvalue weighted by molar-refractivity contribution is -0.0311. The summed E-state index contributed by atoms with van der Waals surface area (Å²) in [7, 11) is 5.63. The molecule has 2 aliphatic rings. The molecule has 10 heteroatoms. The van der Waals surface area contributed by atoms with E-state index < -0.39 is 30.7 Å². The molecule has 4 amide bonds. The summed E-state index contributed by atoms with van der Waals surface area (Å²) in [6, 6.07) is -1.05. The van der Waals surface area contributed by atoms with Gasteiger partial charge in [-0.05, 0) is 6.08 Å². The van der Waals surface area contributed by atoms with E-state index in [4.69, 9.17) is 0 Å². The molecule has 1 fully saturated rings. The highest BCUT2D eigenvalue weighted by molar-refractivity contribution is 5.78. The molecule has 4 N–H and O–H groups in total. The first-order valence-electron chi connectivity index (χ1n) is 8.11. The Bertz CT molecular complexity index is 724. The number of allylic oxidation sites excluding steroid dienone is 4. The number of hydrogen-bond donors (Lipinski definition) is 4. The van der Waals surface area contributed by atoms with E-state index >= 15 is 0 Å². The highest BCUT2D eigenvalue weighted by Gasteiger charge is 2.37. The number of hydrogen-bond acceptors (Lipinski definition) is 6.